The van der Waals surface area contributed by atoms with Crippen molar-refractivity contribution in [1.82, 2.24) is 5.32 Å². The molecule has 0 radical (unpaired) electrons. The van der Waals surface area contributed by atoms with E-state index in [9.17, 15) is 4.79 Å². The van der Waals surface area contributed by atoms with E-state index in [4.69, 9.17) is 5.73 Å². The molecule has 0 fully saturated rings. The molecule has 0 spiro atoms. The molecule has 0 saturated carbocycles. The van der Waals surface area contributed by atoms with Gasteiger partial charge in [-0.2, -0.15) is 0 Å². The maximum atomic E-state index is 12.5. The van der Waals surface area contributed by atoms with Crippen LogP contribution in [0.1, 0.15) is 70.8 Å². The third-order valence-corrected chi connectivity index (χ3v) is 3.85. The fourth-order valence-electron chi connectivity index (χ4n) is 2.71. The molecule has 0 aromatic heterocycles. The molecule has 0 saturated heterocycles. The van der Waals surface area contributed by atoms with E-state index in [0.29, 0.717) is 11.3 Å². The Morgan fingerprint density at radius 1 is 1.18 bits per heavy atom. The van der Waals surface area contributed by atoms with Crippen LogP contribution in [-0.2, 0) is 6.42 Å². The quantitative estimate of drug-likeness (QED) is 0.809. The van der Waals surface area contributed by atoms with Crippen molar-refractivity contribution in [3.63, 3.8) is 0 Å². The second kappa shape index (κ2) is 6.72. The molecular weight excluding hydrogens is 272 g/mol. The van der Waals surface area contributed by atoms with Crippen LogP contribution in [0.4, 0.5) is 5.69 Å². The normalized spacial score (nSPS) is 13.8. The topological polar surface area (TPSA) is 55.1 Å². The summed E-state index contributed by atoms with van der Waals surface area (Å²) in [6.07, 6.45) is 1.84. The zero-order chi connectivity index (χ0) is 17.1. The third kappa shape index (κ3) is 5.36. The van der Waals surface area contributed by atoms with E-state index in [1.165, 1.54) is 5.56 Å². The number of carbonyl (C=O) groups is 1. The minimum atomic E-state index is -0.0819. The first-order valence-electron chi connectivity index (χ1n) is 8.13. The fourth-order valence-corrected chi connectivity index (χ4v) is 2.71. The molecule has 0 bridgehead atoms. The highest BCUT2D eigenvalue weighted by Gasteiger charge is 2.25. The minimum Gasteiger partial charge on any atom is -0.398 e. The minimum absolute atomic E-state index is 0.0331. The lowest BCUT2D eigenvalue weighted by Crippen LogP contribution is -2.43. The van der Waals surface area contributed by atoms with Crippen LogP contribution >= 0.6 is 0 Å². The van der Waals surface area contributed by atoms with Crippen LogP contribution in [0.15, 0.2) is 18.2 Å². The summed E-state index contributed by atoms with van der Waals surface area (Å²) >= 11 is 0. The van der Waals surface area contributed by atoms with Gasteiger partial charge >= 0.3 is 0 Å². The molecule has 0 aliphatic rings. The molecule has 1 unspecified atom stereocenters. The second-order valence-electron chi connectivity index (χ2n) is 8.46. The van der Waals surface area contributed by atoms with Crippen LogP contribution in [0, 0.1) is 10.8 Å². The number of benzene rings is 1. The molecule has 3 N–H and O–H groups in total. The van der Waals surface area contributed by atoms with Gasteiger partial charge in [0, 0.05) is 11.7 Å². The van der Waals surface area contributed by atoms with E-state index in [2.05, 4.69) is 53.8 Å². The Balaban J connectivity index is 2.91. The van der Waals surface area contributed by atoms with Gasteiger partial charge in [-0.15, -0.1) is 0 Å². The van der Waals surface area contributed by atoms with Crippen molar-refractivity contribution < 1.29 is 4.79 Å². The number of nitrogen functional groups attached to an aromatic ring is 1. The number of hydrogen-bond acceptors (Lipinski definition) is 2. The standard InChI is InChI=1S/C19H32N2O/c1-8-16(19(5,6)7)21-17(22)14-10-9-13(11-15(14)20)12-18(2,3)4/h9-11,16H,8,12,20H2,1-7H3,(H,21,22). The molecule has 1 aromatic rings. The number of nitrogens with two attached hydrogens (primary N) is 1. The Bertz CT molecular complexity index is 521. The number of carbonyl (C=O) groups excluding carboxylic acids is 1. The molecule has 3 nitrogen and oxygen atoms in total. The van der Waals surface area contributed by atoms with Gasteiger partial charge in [0.05, 0.1) is 5.56 Å². The lowest BCUT2D eigenvalue weighted by molar-refractivity contribution is 0.0901. The van der Waals surface area contributed by atoms with Crippen LogP contribution in [0.3, 0.4) is 0 Å². The Hall–Kier alpha value is -1.51. The summed E-state index contributed by atoms with van der Waals surface area (Å²) in [6, 6.07) is 5.92. The van der Waals surface area contributed by atoms with Crippen LogP contribution in [0.25, 0.3) is 0 Å². The van der Waals surface area contributed by atoms with Gasteiger partial charge in [0.15, 0.2) is 0 Å². The highest BCUT2D eigenvalue weighted by atomic mass is 16.1. The molecule has 0 aliphatic carbocycles. The molecule has 22 heavy (non-hydrogen) atoms. The van der Waals surface area contributed by atoms with E-state index in [1.807, 2.05) is 18.2 Å². The molecule has 3 heteroatoms. The maximum absolute atomic E-state index is 12.5. The highest BCUT2D eigenvalue weighted by molar-refractivity contribution is 5.99. The molecule has 0 aliphatic heterocycles. The summed E-state index contributed by atoms with van der Waals surface area (Å²) in [5.41, 5.74) is 8.64. The highest BCUT2D eigenvalue weighted by Crippen LogP contribution is 2.25. The number of anilines is 1. The van der Waals surface area contributed by atoms with Crippen molar-refractivity contribution in [2.45, 2.75) is 67.3 Å². The largest absolute Gasteiger partial charge is 0.398 e. The SMILES string of the molecule is CCC(NC(=O)c1ccc(CC(C)(C)C)cc1N)C(C)(C)C. The van der Waals surface area contributed by atoms with Gasteiger partial charge in [-0.25, -0.2) is 0 Å². The van der Waals surface area contributed by atoms with Crippen molar-refractivity contribution in [3.05, 3.63) is 29.3 Å². The Morgan fingerprint density at radius 2 is 1.77 bits per heavy atom. The first-order valence-corrected chi connectivity index (χ1v) is 8.13. The van der Waals surface area contributed by atoms with Crippen LogP contribution in [-0.4, -0.2) is 11.9 Å². The molecule has 1 rings (SSSR count). The molecule has 124 valence electrons. The summed E-state index contributed by atoms with van der Waals surface area (Å²) in [4.78, 5) is 12.5. The number of rotatable bonds is 4. The van der Waals surface area contributed by atoms with Gasteiger partial charge in [0.2, 0.25) is 0 Å². The van der Waals surface area contributed by atoms with Gasteiger partial charge in [-0.1, -0.05) is 54.5 Å². The summed E-state index contributed by atoms with van der Waals surface area (Å²) in [5.74, 6) is -0.0819. The number of amides is 1. The second-order valence-corrected chi connectivity index (χ2v) is 8.46. The van der Waals surface area contributed by atoms with E-state index in [1.54, 1.807) is 0 Å². The zero-order valence-electron chi connectivity index (χ0n) is 15.2. The Kier molecular flexibility index (Phi) is 5.66. The summed E-state index contributed by atoms with van der Waals surface area (Å²) in [5, 5.41) is 3.11. The molecule has 0 heterocycles. The van der Waals surface area contributed by atoms with Crippen molar-refractivity contribution in [2.75, 3.05) is 5.73 Å². The van der Waals surface area contributed by atoms with Gasteiger partial charge in [-0.05, 0) is 41.4 Å². The monoisotopic (exact) mass is 304 g/mol. The van der Waals surface area contributed by atoms with Gasteiger partial charge in [-0.3, -0.25) is 4.79 Å². The van der Waals surface area contributed by atoms with Crippen molar-refractivity contribution >= 4 is 11.6 Å². The van der Waals surface area contributed by atoms with E-state index >= 15 is 0 Å². The summed E-state index contributed by atoms with van der Waals surface area (Å²) in [7, 11) is 0. The van der Waals surface area contributed by atoms with Gasteiger partial charge in [0.25, 0.3) is 5.91 Å². The average molecular weight is 304 g/mol. The van der Waals surface area contributed by atoms with E-state index in [-0.39, 0.29) is 22.8 Å². The summed E-state index contributed by atoms with van der Waals surface area (Å²) in [6.45, 7) is 15.1. The predicted octanol–water partition coefficient (Wildman–Crippen LogP) is 4.41. The van der Waals surface area contributed by atoms with Crippen LogP contribution in [0.5, 0.6) is 0 Å². The lowest BCUT2D eigenvalue weighted by atomic mass is 9.85. The molecule has 1 amide bonds. The van der Waals surface area contributed by atoms with E-state index < -0.39 is 0 Å². The first-order chi connectivity index (χ1) is 9.94. The molecule has 1 aromatic carbocycles. The smallest absolute Gasteiger partial charge is 0.253 e. The van der Waals surface area contributed by atoms with Crippen molar-refractivity contribution in [3.8, 4) is 0 Å². The van der Waals surface area contributed by atoms with Gasteiger partial charge < -0.3 is 11.1 Å². The average Bonchev–Trinajstić information content (AvgIpc) is 2.32. The predicted molar refractivity (Wildman–Crippen MR) is 95.0 cm³/mol. The number of hydrogen-bond donors (Lipinski definition) is 2. The molecule has 1 atom stereocenters. The third-order valence-electron chi connectivity index (χ3n) is 3.85. The van der Waals surface area contributed by atoms with Crippen LogP contribution in [0.2, 0.25) is 0 Å². The first kappa shape index (κ1) is 18.5. The van der Waals surface area contributed by atoms with Gasteiger partial charge in [0.1, 0.15) is 0 Å². The van der Waals surface area contributed by atoms with Crippen molar-refractivity contribution in [2.24, 2.45) is 10.8 Å². The fraction of sp³-hybridized carbons (Fsp3) is 0.632. The van der Waals surface area contributed by atoms with Crippen LogP contribution < -0.4 is 11.1 Å². The summed E-state index contributed by atoms with van der Waals surface area (Å²) < 4.78 is 0. The Labute approximate surface area is 135 Å². The Morgan fingerprint density at radius 3 is 2.18 bits per heavy atom. The molecular formula is C19H32N2O. The number of nitrogens with one attached hydrogen (secondary N) is 1. The van der Waals surface area contributed by atoms with E-state index in [0.717, 1.165) is 12.8 Å². The lowest BCUT2D eigenvalue weighted by Gasteiger charge is -2.30. The van der Waals surface area contributed by atoms with Crippen molar-refractivity contribution in [1.29, 1.82) is 0 Å². The maximum Gasteiger partial charge on any atom is 0.253 e. The zero-order valence-corrected chi connectivity index (χ0v) is 15.2.